The molecule has 2 atom stereocenters. The maximum atomic E-state index is 14.3. The standard InChI is InChI=1S/C18H16ClF4NO4/c1-3-14(25)24(17(16(26)27)6-4-5-10(2)9-17)11-7-12(19)15(13(20)8-11)28-18(21,22)23/h1,7-8,10H,4-6,9H2,2H3,(H,26,27). The molecular formula is C18H16ClF4NO4. The Morgan fingerprint density at radius 1 is 1.43 bits per heavy atom. The number of carboxylic acids is 1. The minimum absolute atomic E-state index is 0.0375. The first-order valence-corrected chi connectivity index (χ1v) is 8.58. The number of hydrogen-bond acceptors (Lipinski definition) is 3. The Morgan fingerprint density at radius 2 is 2.07 bits per heavy atom. The van der Waals surface area contributed by atoms with Gasteiger partial charge in [0.25, 0.3) is 0 Å². The SMILES string of the molecule is C#CC(=O)N(c1cc(F)c(OC(F)(F)F)c(Cl)c1)C1(C(=O)O)CCCC(C)C1. The molecule has 0 aromatic heterocycles. The summed E-state index contributed by atoms with van der Waals surface area (Å²) >= 11 is 5.72. The molecule has 1 N–H and O–H groups in total. The predicted molar refractivity (Wildman–Crippen MR) is 92.4 cm³/mol. The number of aliphatic carboxylic acids is 1. The van der Waals surface area contributed by atoms with E-state index in [1.807, 2.05) is 0 Å². The number of halogens is 5. The number of nitrogens with zero attached hydrogens (tertiary/aromatic N) is 1. The van der Waals surface area contributed by atoms with Crippen LogP contribution in [0, 0.1) is 24.1 Å². The molecule has 10 heteroatoms. The van der Waals surface area contributed by atoms with Gasteiger partial charge < -0.3 is 9.84 Å². The molecule has 1 fully saturated rings. The normalized spacial score (nSPS) is 22.2. The van der Waals surface area contributed by atoms with E-state index < -0.39 is 40.4 Å². The van der Waals surface area contributed by atoms with Gasteiger partial charge >= 0.3 is 18.2 Å². The fourth-order valence-electron chi connectivity index (χ4n) is 3.53. The molecule has 1 aromatic carbocycles. The van der Waals surface area contributed by atoms with Crippen LogP contribution in [0.4, 0.5) is 23.2 Å². The average molecular weight is 422 g/mol. The molecular weight excluding hydrogens is 406 g/mol. The quantitative estimate of drug-likeness (QED) is 0.579. The number of carbonyl (C=O) groups is 2. The first kappa shape index (κ1) is 21.8. The number of rotatable bonds is 4. The number of anilines is 1. The summed E-state index contributed by atoms with van der Waals surface area (Å²) in [5, 5.41) is 9.08. The molecule has 2 unspecified atom stereocenters. The van der Waals surface area contributed by atoms with Crippen LogP contribution in [-0.4, -0.2) is 28.9 Å². The van der Waals surface area contributed by atoms with Gasteiger partial charge in [0.05, 0.1) is 10.7 Å². The fourth-order valence-corrected chi connectivity index (χ4v) is 3.77. The predicted octanol–water partition coefficient (Wildman–Crippen LogP) is 4.38. The van der Waals surface area contributed by atoms with Crippen molar-refractivity contribution in [1.82, 2.24) is 0 Å². The lowest BCUT2D eigenvalue weighted by atomic mass is 9.75. The Kier molecular flexibility index (Phi) is 6.14. The van der Waals surface area contributed by atoms with Crippen LogP contribution in [-0.2, 0) is 9.59 Å². The van der Waals surface area contributed by atoms with E-state index >= 15 is 0 Å². The number of carbonyl (C=O) groups excluding carboxylic acids is 1. The number of amides is 1. The molecule has 152 valence electrons. The second kappa shape index (κ2) is 7.87. The number of hydrogen-bond donors (Lipinski definition) is 1. The topological polar surface area (TPSA) is 66.8 Å². The van der Waals surface area contributed by atoms with Crippen LogP contribution in [0.15, 0.2) is 12.1 Å². The lowest BCUT2D eigenvalue weighted by molar-refractivity contribution is -0.275. The maximum absolute atomic E-state index is 14.3. The van der Waals surface area contributed by atoms with E-state index in [9.17, 15) is 32.3 Å². The average Bonchev–Trinajstić information content (AvgIpc) is 2.57. The largest absolute Gasteiger partial charge is 0.573 e. The number of carboxylic acid groups (broad SMARTS) is 1. The number of terminal acetylenes is 1. The van der Waals surface area contributed by atoms with Gasteiger partial charge in [0.1, 0.15) is 5.54 Å². The maximum Gasteiger partial charge on any atom is 0.573 e. The summed E-state index contributed by atoms with van der Waals surface area (Å²) in [6, 6.07) is 1.37. The molecule has 0 radical (unpaired) electrons. The van der Waals surface area contributed by atoms with Gasteiger partial charge in [-0.05, 0) is 30.7 Å². The summed E-state index contributed by atoms with van der Waals surface area (Å²) in [4.78, 5) is 25.3. The van der Waals surface area contributed by atoms with Gasteiger partial charge in [0.15, 0.2) is 11.6 Å². The van der Waals surface area contributed by atoms with E-state index in [1.54, 1.807) is 12.8 Å². The third-order valence-corrected chi connectivity index (χ3v) is 4.87. The number of ether oxygens (including phenoxy) is 1. The van der Waals surface area contributed by atoms with Crippen molar-refractivity contribution in [1.29, 1.82) is 0 Å². The minimum Gasteiger partial charge on any atom is -0.479 e. The van der Waals surface area contributed by atoms with Gasteiger partial charge in [-0.1, -0.05) is 31.4 Å². The summed E-state index contributed by atoms with van der Waals surface area (Å²) in [6.45, 7) is 1.79. The van der Waals surface area contributed by atoms with E-state index in [0.29, 0.717) is 12.5 Å². The third kappa shape index (κ3) is 4.33. The van der Waals surface area contributed by atoms with Crippen LogP contribution in [0.2, 0.25) is 5.02 Å². The molecule has 0 saturated heterocycles. The highest BCUT2D eigenvalue weighted by Crippen LogP contribution is 2.43. The lowest BCUT2D eigenvalue weighted by Crippen LogP contribution is -2.59. The number of alkyl halides is 3. The van der Waals surface area contributed by atoms with Crippen LogP contribution < -0.4 is 9.64 Å². The molecule has 1 aromatic rings. The Bertz CT molecular complexity index is 813. The van der Waals surface area contributed by atoms with Crippen molar-refractivity contribution in [3.8, 4) is 18.1 Å². The molecule has 5 nitrogen and oxygen atoms in total. The van der Waals surface area contributed by atoms with Crippen molar-refractivity contribution in [2.24, 2.45) is 5.92 Å². The molecule has 1 saturated carbocycles. The zero-order valence-electron chi connectivity index (χ0n) is 14.6. The van der Waals surface area contributed by atoms with Crippen LogP contribution in [0.3, 0.4) is 0 Å². The van der Waals surface area contributed by atoms with Crippen molar-refractivity contribution in [3.63, 3.8) is 0 Å². The highest BCUT2D eigenvalue weighted by molar-refractivity contribution is 6.32. The molecule has 0 spiro atoms. The second-order valence-electron chi connectivity index (χ2n) is 6.61. The van der Waals surface area contributed by atoms with E-state index in [0.717, 1.165) is 17.4 Å². The number of benzene rings is 1. The zero-order valence-corrected chi connectivity index (χ0v) is 15.4. The van der Waals surface area contributed by atoms with Crippen LogP contribution in [0.5, 0.6) is 5.75 Å². The van der Waals surface area contributed by atoms with Gasteiger partial charge in [-0.2, -0.15) is 0 Å². The minimum atomic E-state index is -5.19. The lowest BCUT2D eigenvalue weighted by Gasteiger charge is -2.44. The van der Waals surface area contributed by atoms with Crippen LogP contribution in [0.1, 0.15) is 32.6 Å². The third-order valence-electron chi connectivity index (χ3n) is 4.59. The fraction of sp³-hybridized carbons (Fsp3) is 0.444. The highest BCUT2D eigenvalue weighted by atomic mass is 35.5. The summed E-state index contributed by atoms with van der Waals surface area (Å²) in [6.07, 6.45) is 1.24. The zero-order chi connectivity index (χ0) is 21.3. The Hall–Kier alpha value is -2.47. The molecule has 1 amide bonds. The highest BCUT2D eigenvalue weighted by Gasteiger charge is 2.50. The van der Waals surface area contributed by atoms with Gasteiger partial charge in [0.2, 0.25) is 0 Å². The Labute approximate surface area is 163 Å². The first-order chi connectivity index (χ1) is 12.9. The van der Waals surface area contributed by atoms with E-state index in [2.05, 4.69) is 4.74 Å². The smallest absolute Gasteiger partial charge is 0.479 e. The molecule has 0 bridgehead atoms. The van der Waals surface area contributed by atoms with Gasteiger partial charge in [-0.3, -0.25) is 9.69 Å². The molecule has 0 heterocycles. The summed E-state index contributed by atoms with van der Waals surface area (Å²) < 4.78 is 55.1. The molecule has 28 heavy (non-hydrogen) atoms. The molecule has 2 rings (SSSR count). The van der Waals surface area contributed by atoms with E-state index in [-0.39, 0.29) is 24.4 Å². The van der Waals surface area contributed by atoms with Crippen molar-refractivity contribution in [2.45, 2.75) is 44.5 Å². The summed E-state index contributed by atoms with van der Waals surface area (Å²) in [7, 11) is 0. The van der Waals surface area contributed by atoms with Crippen LogP contribution >= 0.6 is 11.6 Å². The first-order valence-electron chi connectivity index (χ1n) is 8.20. The Balaban J connectivity index is 2.62. The van der Waals surface area contributed by atoms with Crippen molar-refractivity contribution >= 4 is 29.2 Å². The van der Waals surface area contributed by atoms with Crippen molar-refractivity contribution in [3.05, 3.63) is 23.0 Å². The van der Waals surface area contributed by atoms with E-state index in [1.165, 1.54) is 0 Å². The second-order valence-corrected chi connectivity index (χ2v) is 7.02. The molecule has 1 aliphatic rings. The Morgan fingerprint density at radius 3 is 2.54 bits per heavy atom. The molecule has 0 aliphatic heterocycles. The van der Waals surface area contributed by atoms with Gasteiger partial charge in [-0.25, -0.2) is 9.18 Å². The van der Waals surface area contributed by atoms with Gasteiger partial charge in [-0.15, -0.1) is 19.6 Å². The summed E-state index contributed by atoms with van der Waals surface area (Å²) in [5.41, 5.74) is -2.14. The van der Waals surface area contributed by atoms with Gasteiger partial charge in [0, 0.05) is 6.07 Å². The van der Waals surface area contributed by atoms with Crippen molar-refractivity contribution < 1.29 is 37.0 Å². The van der Waals surface area contributed by atoms with E-state index in [4.69, 9.17) is 18.0 Å². The van der Waals surface area contributed by atoms with Crippen molar-refractivity contribution in [2.75, 3.05) is 4.90 Å². The monoisotopic (exact) mass is 421 g/mol. The summed E-state index contributed by atoms with van der Waals surface area (Å²) in [5.74, 6) is -3.51. The molecule has 1 aliphatic carbocycles. The van der Waals surface area contributed by atoms with Crippen LogP contribution in [0.25, 0.3) is 0 Å².